The molecule has 2 N–H and O–H groups in total. The lowest BCUT2D eigenvalue weighted by Gasteiger charge is -2.14. The molecule has 0 aromatic heterocycles. The Labute approximate surface area is 127 Å². The van der Waals surface area contributed by atoms with Crippen LogP contribution in [-0.4, -0.2) is 23.3 Å². The Morgan fingerprint density at radius 3 is 2.62 bits per heavy atom. The van der Waals surface area contributed by atoms with E-state index in [1.165, 1.54) is 19.2 Å². The summed E-state index contributed by atoms with van der Waals surface area (Å²) >= 11 is 5.91. The largest absolute Gasteiger partial charge is 0.465 e. The summed E-state index contributed by atoms with van der Waals surface area (Å²) in [6.07, 6.45) is -0.946. The number of hydrogen-bond acceptors (Lipinski definition) is 4. The Balaban J connectivity index is 2.44. The fourth-order valence-electron chi connectivity index (χ4n) is 2.07. The van der Waals surface area contributed by atoms with Crippen molar-refractivity contribution in [2.45, 2.75) is 12.7 Å². The summed E-state index contributed by atoms with van der Waals surface area (Å²) in [5.74, 6) is -0.523. The van der Waals surface area contributed by atoms with Crippen LogP contribution in [0.4, 0.5) is 0 Å². The second-order valence-electron chi connectivity index (χ2n) is 4.57. The van der Waals surface area contributed by atoms with Crippen molar-refractivity contribution < 1.29 is 19.7 Å². The first-order valence-electron chi connectivity index (χ1n) is 6.31. The van der Waals surface area contributed by atoms with Crippen LogP contribution in [0.25, 0.3) is 0 Å². The fourth-order valence-corrected chi connectivity index (χ4v) is 2.27. The van der Waals surface area contributed by atoms with Crippen LogP contribution in [0.1, 0.15) is 33.2 Å². The van der Waals surface area contributed by atoms with Crippen LogP contribution in [0, 0.1) is 0 Å². The van der Waals surface area contributed by atoms with Crippen LogP contribution >= 0.6 is 11.6 Å². The number of aliphatic hydroxyl groups excluding tert-OH is 2. The van der Waals surface area contributed by atoms with Crippen molar-refractivity contribution in [3.63, 3.8) is 0 Å². The predicted molar refractivity (Wildman–Crippen MR) is 79.2 cm³/mol. The molecule has 21 heavy (non-hydrogen) atoms. The van der Waals surface area contributed by atoms with E-state index in [1.54, 1.807) is 30.3 Å². The SMILES string of the molecule is COC(=O)c1cc(CO)cc(C(O)c2cccc(Cl)c2)c1. The van der Waals surface area contributed by atoms with E-state index in [2.05, 4.69) is 4.74 Å². The molecule has 4 nitrogen and oxygen atoms in total. The standard InChI is InChI=1S/C16H15ClO4/c1-21-16(20)13-6-10(9-18)5-12(7-13)15(19)11-3-2-4-14(17)8-11/h2-8,15,18-19H,9H2,1H3. The van der Waals surface area contributed by atoms with Gasteiger partial charge >= 0.3 is 5.97 Å². The third-order valence-corrected chi connectivity index (χ3v) is 3.33. The Hall–Kier alpha value is -1.88. The molecule has 0 heterocycles. The Bertz CT molecular complexity index is 654. The van der Waals surface area contributed by atoms with Crippen LogP contribution in [0.15, 0.2) is 42.5 Å². The van der Waals surface area contributed by atoms with Gasteiger partial charge in [-0.2, -0.15) is 0 Å². The molecule has 0 aliphatic rings. The number of carbonyl (C=O) groups excluding carboxylic acids is 1. The second-order valence-corrected chi connectivity index (χ2v) is 5.01. The van der Waals surface area contributed by atoms with Gasteiger partial charge in [-0.3, -0.25) is 0 Å². The molecule has 0 aliphatic heterocycles. The number of methoxy groups -OCH3 is 1. The zero-order chi connectivity index (χ0) is 15.4. The maximum atomic E-state index is 11.6. The maximum Gasteiger partial charge on any atom is 0.337 e. The molecule has 0 bridgehead atoms. The smallest absolute Gasteiger partial charge is 0.337 e. The first-order valence-corrected chi connectivity index (χ1v) is 6.69. The third kappa shape index (κ3) is 3.61. The van der Waals surface area contributed by atoms with E-state index in [4.69, 9.17) is 11.6 Å². The molecular weight excluding hydrogens is 292 g/mol. The number of rotatable bonds is 4. The van der Waals surface area contributed by atoms with Crippen LogP contribution in [0.5, 0.6) is 0 Å². The van der Waals surface area contributed by atoms with Gasteiger partial charge < -0.3 is 14.9 Å². The zero-order valence-corrected chi connectivity index (χ0v) is 12.2. The molecule has 0 amide bonds. The lowest BCUT2D eigenvalue weighted by molar-refractivity contribution is 0.0600. The molecule has 1 atom stereocenters. The fraction of sp³-hybridized carbons (Fsp3) is 0.188. The number of carbonyl (C=O) groups is 1. The van der Waals surface area contributed by atoms with Crippen molar-refractivity contribution in [1.82, 2.24) is 0 Å². The number of halogens is 1. The monoisotopic (exact) mass is 306 g/mol. The van der Waals surface area contributed by atoms with E-state index in [1.807, 2.05) is 0 Å². The summed E-state index contributed by atoms with van der Waals surface area (Å²) in [6.45, 7) is -0.236. The highest BCUT2D eigenvalue weighted by Gasteiger charge is 2.15. The number of hydrogen-bond donors (Lipinski definition) is 2. The van der Waals surface area contributed by atoms with E-state index in [-0.39, 0.29) is 12.2 Å². The minimum Gasteiger partial charge on any atom is -0.465 e. The second kappa shape index (κ2) is 6.72. The van der Waals surface area contributed by atoms with Gasteiger partial charge in [-0.05, 0) is 41.0 Å². The van der Waals surface area contributed by atoms with E-state index in [9.17, 15) is 15.0 Å². The normalized spacial score (nSPS) is 12.0. The predicted octanol–water partition coefficient (Wildman–Crippen LogP) is 2.70. The summed E-state index contributed by atoms with van der Waals surface area (Å²) < 4.78 is 4.67. The van der Waals surface area contributed by atoms with Gasteiger partial charge in [-0.1, -0.05) is 29.8 Å². The molecule has 110 valence electrons. The Morgan fingerprint density at radius 2 is 2.00 bits per heavy atom. The van der Waals surface area contributed by atoms with Crippen molar-refractivity contribution in [2.24, 2.45) is 0 Å². The Morgan fingerprint density at radius 1 is 1.24 bits per heavy atom. The highest BCUT2D eigenvalue weighted by Crippen LogP contribution is 2.26. The van der Waals surface area contributed by atoms with Crippen LogP contribution in [0.3, 0.4) is 0 Å². The van der Waals surface area contributed by atoms with E-state index in [0.717, 1.165) is 0 Å². The quantitative estimate of drug-likeness (QED) is 0.852. The van der Waals surface area contributed by atoms with Gasteiger partial charge in [0.25, 0.3) is 0 Å². The molecule has 0 radical (unpaired) electrons. The van der Waals surface area contributed by atoms with Crippen LogP contribution in [-0.2, 0) is 11.3 Å². The summed E-state index contributed by atoms with van der Waals surface area (Å²) in [4.78, 5) is 11.6. The first kappa shape index (κ1) is 15.5. The van der Waals surface area contributed by atoms with Gasteiger partial charge in [-0.25, -0.2) is 4.79 Å². The zero-order valence-electron chi connectivity index (χ0n) is 11.4. The summed E-state index contributed by atoms with van der Waals surface area (Å²) in [7, 11) is 1.28. The molecule has 5 heteroatoms. The number of aliphatic hydroxyl groups is 2. The van der Waals surface area contributed by atoms with Crippen molar-refractivity contribution in [3.8, 4) is 0 Å². The highest BCUT2D eigenvalue weighted by atomic mass is 35.5. The van der Waals surface area contributed by atoms with Gasteiger partial charge in [0.05, 0.1) is 19.3 Å². The van der Waals surface area contributed by atoms with Gasteiger partial charge in [0.1, 0.15) is 6.10 Å². The highest BCUT2D eigenvalue weighted by molar-refractivity contribution is 6.30. The summed E-state index contributed by atoms with van der Waals surface area (Å²) in [5, 5.41) is 20.2. The van der Waals surface area contributed by atoms with E-state index in [0.29, 0.717) is 21.7 Å². The lowest BCUT2D eigenvalue weighted by atomic mass is 9.97. The number of ether oxygens (including phenoxy) is 1. The first-order chi connectivity index (χ1) is 10.0. The Kier molecular flexibility index (Phi) is 4.96. The third-order valence-electron chi connectivity index (χ3n) is 3.10. The van der Waals surface area contributed by atoms with Crippen molar-refractivity contribution >= 4 is 17.6 Å². The molecule has 2 aromatic carbocycles. The molecule has 0 saturated carbocycles. The molecule has 0 saturated heterocycles. The van der Waals surface area contributed by atoms with Crippen molar-refractivity contribution in [3.05, 3.63) is 69.7 Å². The van der Waals surface area contributed by atoms with Gasteiger partial charge in [0.2, 0.25) is 0 Å². The summed E-state index contributed by atoms with van der Waals surface area (Å²) in [5.41, 5.74) is 1.90. The number of esters is 1. The number of benzene rings is 2. The molecule has 2 rings (SSSR count). The minimum absolute atomic E-state index is 0.236. The van der Waals surface area contributed by atoms with Gasteiger partial charge in [-0.15, -0.1) is 0 Å². The molecule has 2 aromatic rings. The molecular formula is C16H15ClO4. The molecule has 0 fully saturated rings. The summed E-state index contributed by atoms with van der Waals surface area (Å²) in [6, 6.07) is 11.5. The topological polar surface area (TPSA) is 66.8 Å². The maximum absolute atomic E-state index is 11.6. The van der Waals surface area contributed by atoms with Crippen molar-refractivity contribution in [2.75, 3.05) is 7.11 Å². The molecule has 0 spiro atoms. The molecule has 0 aliphatic carbocycles. The minimum atomic E-state index is -0.946. The van der Waals surface area contributed by atoms with E-state index >= 15 is 0 Å². The molecule has 1 unspecified atom stereocenters. The van der Waals surface area contributed by atoms with Gasteiger partial charge in [0.15, 0.2) is 0 Å². The lowest BCUT2D eigenvalue weighted by Crippen LogP contribution is -2.07. The van der Waals surface area contributed by atoms with Crippen molar-refractivity contribution in [1.29, 1.82) is 0 Å². The van der Waals surface area contributed by atoms with Crippen LogP contribution in [0.2, 0.25) is 5.02 Å². The van der Waals surface area contributed by atoms with Gasteiger partial charge in [0, 0.05) is 5.02 Å². The average molecular weight is 307 g/mol. The van der Waals surface area contributed by atoms with Crippen LogP contribution < -0.4 is 0 Å². The van der Waals surface area contributed by atoms with E-state index < -0.39 is 12.1 Å². The average Bonchev–Trinajstić information content (AvgIpc) is 2.52.